The van der Waals surface area contributed by atoms with E-state index in [9.17, 15) is 14.7 Å². The van der Waals surface area contributed by atoms with Gasteiger partial charge in [-0.25, -0.2) is 0 Å². The fraction of sp³-hybridized carbons (Fsp3) is 0.333. The highest BCUT2D eigenvalue weighted by molar-refractivity contribution is 5.96. The molecular formula is C15H15NO4. The van der Waals surface area contributed by atoms with Gasteiger partial charge in [-0.05, 0) is 24.6 Å². The number of rotatable bonds is 3. The highest BCUT2D eigenvalue weighted by Gasteiger charge is 2.53. The molecular weight excluding hydrogens is 258 g/mol. The second kappa shape index (κ2) is 4.76. The summed E-state index contributed by atoms with van der Waals surface area (Å²) in [7, 11) is 0. The fourth-order valence-corrected chi connectivity index (χ4v) is 2.86. The van der Waals surface area contributed by atoms with Crippen LogP contribution in [-0.2, 0) is 14.3 Å². The Labute approximate surface area is 116 Å². The standard InChI is InChI=1S/C15H15NO4/c1-8-3-2-4-9(7-8)16-14(17)12-10-5-6-11(20-10)13(12)15(18)19/h2-7,10-13H,1H3,(H,16,17)(H,18,19)/t10-,11+,12-,13+/m1/s1. The average Bonchev–Trinajstić information content (AvgIpc) is 2.98. The summed E-state index contributed by atoms with van der Waals surface area (Å²) in [4.78, 5) is 23.7. The zero-order valence-electron chi connectivity index (χ0n) is 10.9. The van der Waals surface area contributed by atoms with Gasteiger partial charge in [-0.1, -0.05) is 24.3 Å². The van der Waals surface area contributed by atoms with Gasteiger partial charge >= 0.3 is 5.97 Å². The molecule has 2 N–H and O–H groups in total. The number of anilines is 1. The second-order valence-corrected chi connectivity index (χ2v) is 5.20. The molecule has 20 heavy (non-hydrogen) atoms. The Kier molecular flexibility index (Phi) is 3.06. The summed E-state index contributed by atoms with van der Waals surface area (Å²) in [6.07, 6.45) is 2.56. The van der Waals surface area contributed by atoms with Gasteiger partial charge in [-0.15, -0.1) is 0 Å². The van der Waals surface area contributed by atoms with Crippen LogP contribution in [0.1, 0.15) is 5.56 Å². The molecule has 1 aromatic rings. The number of carboxylic acid groups (broad SMARTS) is 1. The number of benzene rings is 1. The third-order valence-electron chi connectivity index (χ3n) is 3.77. The van der Waals surface area contributed by atoms with Gasteiger partial charge in [0.15, 0.2) is 0 Å². The lowest BCUT2D eigenvalue weighted by Crippen LogP contribution is -2.39. The van der Waals surface area contributed by atoms with Gasteiger partial charge in [-0.3, -0.25) is 9.59 Å². The van der Waals surface area contributed by atoms with E-state index in [1.165, 1.54) is 0 Å². The van der Waals surface area contributed by atoms with Gasteiger partial charge in [0.25, 0.3) is 0 Å². The monoisotopic (exact) mass is 273 g/mol. The maximum absolute atomic E-state index is 12.3. The predicted molar refractivity (Wildman–Crippen MR) is 72.2 cm³/mol. The number of hydrogen-bond acceptors (Lipinski definition) is 3. The molecule has 1 fully saturated rings. The van der Waals surface area contributed by atoms with E-state index in [-0.39, 0.29) is 5.91 Å². The van der Waals surface area contributed by atoms with Gasteiger partial charge in [0.2, 0.25) is 5.91 Å². The van der Waals surface area contributed by atoms with Crippen LogP contribution in [0.25, 0.3) is 0 Å². The number of nitrogens with one attached hydrogen (secondary N) is 1. The number of carboxylic acids is 1. The smallest absolute Gasteiger partial charge is 0.310 e. The van der Waals surface area contributed by atoms with Crippen molar-refractivity contribution in [1.29, 1.82) is 0 Å². The van der Waals surface area contributed by atoms with Crippen LogP contribution < -0.4 is 5.32 Å². The first-order valence-electron chi connectivity index (χ1n) is 6.50. The Morgan fingerprint density at radius 1 is 1.20 bits per heavy atom. The van der Waals surface area contributed by atoms with Crippen LogP contribution in [0.2, 0.25) is 0 Å². The molecule has 0 unspecified atom stereocenters. The van der Waals surface area contributed by atoms with Crippen LogP contribution in [0, 0.1) is 18.8 Å². The third-order valence-corrected chi connectivity index (χ3v) is 3.77. The van der Waals surface area contributed by atoms with E-state index in [0.717, 1.165) is 5.56 Å². The van der Waals surface area contributed by atoms with Crippen LogP contribution >= 0.6 is 0 Å². The lowest BCUT2D eigenvalue weighted by atomic mass is 9.82. The quantitative estimate of drug-likeness (QED) is 0.820. The molecule has 104 valence electrons. The van der Waals surface area contributed by atoms with E-state index < -0.39 is 30.0 Å². The number of aryl methyl sites for hydroxylation is 1. The molecule has 2 aliphatic rings. The molecule has 2 heterocycles. The van der Waals surface area contributed by atoms with E-state index in [1.54, 1.807) is 18.2 Å². The Hall–Kier alpha value is -2.14. The highest BCUT2D eigenvalue weighted by atomic mass is 16.5. The maximum Gasteiger partial charge on any atom is 0.310 e. The molecule has 1 aromatic carbocycles. The van der Waals surface area contributed by atoms with Crippen LogP contribution in [-0.4, -0.2) is 29.2 Å². The molecule has 2 aliphatic heterocycles. The van der Waals surface area contributed by atoms with Crippen LogP contribution in [0.4, 0.5) is 5.69 Å². The Balaban J connectivity index is 1.80. The largest absolute Gasteiger partial charge is 0.481 e. The summed E-state index contributed by atoms with van der Waals surface area (Å²) >= 11 is 0. The average molecular weight is 273 g/mol. The molecule has 5 heteroatoms. The zero-order chi connectivity index (χ0) is 14.3. The Bertz CT molecular complexity index is 595. The van der Waals surface area contributed by atoms with Crippen molar-refractivity contribution in [3.8, 4) is 0 Å². The minimum atomic E-state index is -0.994. The van der Waals surface area contributed by atoms with Crippen LogP contribution in [0.3, 0.4) is 0 Å². The molecule has 0 saturated carbocycles. The number of carbonyl (C=O) groups is 2. The van der Waals surface area contributed by atoms with Crippen LogP contribution in [0.5, 0.6) is 0 Å². The number of carbonyl (C=O) groups excluding carboxylic acids is 1. The fourth-order valence-electron chi connectivity index (χ4n) is 2.86. The highest BCUT2D eigenvalue weighted by Crippen LogP contribution is 2.39. The summed E-state index contributed by atoms with van der Waals surface area (Å²) in [5.41, 5.74) is 1.70. The van der Waals surface area contributed by atoms with Gasteiger partial charge < -0.3 is 15.2 Å². The van der Waals surface area contributed by atoms with Crippen molar-refractivity contribution in [2.75, 3.05) is 5.32 Å². The van der Waals surface area contributed by atoms with Gasteiger partial charge in [0, 0.05) is 5.69 Å². The predicted octanol–water partition coefficient (Wildman–Crippen LogP) is 1.59. The molecule has 0 spiro atoms. The van der Waals surface area contributed by atoms with Gasteiger partial charge in [0.05, 0.1) is 18.1 Å². The molecule has 1 amide bonds. The van der Waals surface area contributed by atoms with Crippen molar-refractivity contribution in [1.82, 2.24) is 0 Å². The number of amides is 1. The number of aliphatic carboxylic acids is 1. The molecule has 2 bridgehead atoms. The van der Waals surface area contributed by atoms with Crippen molar-refractivity contribution in [2.24, 2.45) is 11.8 Å². The first kappa shape index (κ1) is 12.9. The van der Waals surface area contributed by atoms with E-state index in [1.807, 2.05) is 25.1 Å². The molecule has 0 aromatic heterocycles. The van der Waals surface area contributed by atoms with Crippen molar-refractivity contribution >= 4 is 17.6 Å². The van der Waals surface area contributed by atoms with Crippen molar-refractivity contribution in [3.05, 3.63) is 42.0 Å². The van der Waals surface area contributed by atoms with Crippen molar-refractivity contribution < 1.29 is 19.4 Å². The number of hydrogen-bond donors (Lipinski definition) is 2. The summed E-state index contributed by atoms with van der Waals surface area (Å²) in [6.45, 7) is 1.93. The minimum Gasteiger partial charge on any atom is -0.481 e. The summed E-state index contributed by atoms with van der Waals surface area (Å²) in [5.74, 6) is -2.79. The van der Waals surface area contributed by atoms with E-state index in [0.29, 0.717) is 5.69 Å². The number of fused-ring (bicyclic) bond motifs is 2. The second-order valence-electron chi connectivity index (χ2n) is 5.20. The SMILES string of the molecule is Cc1cccc(NC(=O)[C@H]2[C@@H](C(=O)O)[C@@H]3C=C[C@H]2O3)c1. The molecule has 0 aliphatic carbocycles. The minimum absolute atomic E-state index is 0.306. The Morgan fingerprint density at radius 3 is 2.55 bits per heavy atom. The Morgan fingerprint density at radius 2 is 1.90 bits per heavy atom. The maximum atomic E-state index is 12.3. The molecule has 1 saturated heterocycles. The summed E-state index contributed by atoms with van der Waals surface area (Å²) < 4.78 is 5.49. The molecule has 5 nitrogen and oxygen atoms in total. The third kappa shape index (κ3) is 2.10. The lowest BCUT2D eigenvalue weighted by Gasteiger charge is -2.21. The lowest BCUT2D eigenvalue weighted by molar-refractivity contribution is -0.145. The normalized spacial score (nSPS) is 30.4. The molecule has 0 radical (unpaired) electrons. The topological polar surface area (TPSA) is 75.6 Å². The van der Waals surface area contributed by atoms with E-state index >= 15 is 0 Å². The van der Waals surface area contributed by atoms with E-state index in [4.69, 9.17) is 4.74 Å². The summed E-state index contributed by atoms with van der Waals surface area (Å²) in [6, 6.07) is 7.40. The molecule has 4 atom stereocenters. The summed E-state index contributed by atoms with van der Waals surface area (Å²) in [5, 5.41) is 12.0. The van der Waals surface area contributed by atoms with Crippen molar-refractivity contribution in [3.63, 3.8) is 0 Å². The van der Waals surface area contributed by atoms with Gasteiger partial charge in [-0.2, -0.15) is 0 Å². The van der Waals surface area contributed by atoms with E-state index in [2.05, 4.69) is 5.32 Å². The first-order chi connectivity index (χ1) is 9.56. The number of ether oxygens (including phenoxy) is 1. The molecule has 3 rings (SSSR count). The van der Waals surface area contributed by atoms with Crippen LogP contribution in [0.15, 0.2) is 36.4 Å². The first-order valence-corrected chi connectivity index (χ1v) is 6.50. The van der Waals surface area contributed by atoms with Gasteiger partial charge in [0.1, 0.15) is 5.92 Å². The van der Waals surface area contributed by atoms with Crippen molar-refractivity contribution in [2.45, 2.75) is 19.1 Å². The zero-order valence-corrected chi connectivity index (χ0v) is 10.9.